The van der Waals surface area contributed by atoms with Crippen LogP contribution >= 0.6 is 24.8 Å². The molecule has 3 aliphatic rings. The van der Waals surface area contributed by atoms with Crippen LogP contribution in [0.4, 0.5) is 4.79 Å². The van der Waals surface area contributed by atoms with E-state index in [9.17, 15) is 9.59 Å². The van der Waals surface area contributed by atoms with E-state index < -0.39 is 5.97 Å². The largest absolute Gasteiger partial charge is 0.480 e. The molecule has 0 saturated carbocycles. The highest BCUT2D eigenvalue weighted by atomic mass is 35.5. The number of amides is 2. The van der Waals surface area contributed by atoms with Crippen molar-refractivity contribution in [3.8, 4) is 0 Å². The topological polar surface area (TPSA) is 88.1 Å². The number of carbonyl (C=O) groups is 2. The second-order valence-electron chi connectivity index (χ2n) is 7.40. The third-order valence-corrected chi connectivity index (χ3v) is 5.70. The molecule has 3 aliphatic heterocycles. The summed E-state index contributed by atoms with van der Waals surface area (Å²) in [5.41, 5.74) is 0. The maximum atomic E-state index is 12.5. The molecule has 3 N–H and O–H groups in total. The van der Waals surface area contributed by atoms with E-state index in [1.54, 1.807) is 0 Å². The molecule has 27 heavy (non-hydrogen) atoms. The predicted molar refractivity (Wildman–Crippen MR) is 109 cm³/mol. The molecule has 0 bridgehead atoms. The molecule has 2 amide bonds. The number of hydrogen-bond acceptors (Lipinski definition) is 5. The number of hydrogen-bond donors (Lipinski definition) is 3. The van der Waals surface area contributed by atoms with Gasteiger partial charge in [-0.1, -0.05) is 0 Å². The molecule has 0 aromatic carbocycles. The van der Waals surface area contributed by atoms with E-state index in [1.165, 1.54) is 12.8 Å². The molecular formula is C17H33Cl2N5O3. The molecule has 3 heterocycles. The Morgan fingerprint density at radius 1 is 0.926 bits per heavy atom. The van der Waals surface area contributed by atoms with Gasteiger partial charge in [-0.2, -0.15) is 0 Å². The van der Waals surface area contributed by atoms with E-state index in [1.807, 2.05) is 9.80 Å². The number of rotatable bonds is 4. The standard InChI is InChI=1S/C17H31N5O3.2ClH/c23-16(24)13-20-7-3-14(4-8-20)19-17(25)22-11-9-21(10-12-22)15-1-5-18-6-2-15;;/h14-15,18H,1-13H2,(H,19,25)(H,23,24);2*1H. The second kappa shape index (κ2) is 11.9. The number of carbonyl (C=O) groups excluding carboxylic acids is 1. The lowest BCUT2D eigenvalue weighted by atomic mass is 10.0. The van der Waals surface area contributed by atoms with Crippen molar-refractivity contribution in [1.29, 1.82) is 0 Å². The highest BCUT2D eigenvalue weighted by Gasteiger charge is 2.28. The minimum atomic E-state index is -0.783. The van der Waals surface area contributed by atoms with Gasteiger partial charge in [0.05, 0.1) is 6.54 Å². The van der Waals surface area contributed by atoms with Crippen LogP contribution in [0.5, 0.6) is 0 Å². The maximum absolute atomic E-state index is 12.5. The van der Waals surface area contributed by atoms with Crippen LogP contribution in [0.1, 0.15) is 25.7 Å². The molecule has 0 atom stereocenters. The van der Waals surface area contributed by atoms with Crippen molar-refractivity contribution in [1.82, 2.24) is 25.3 Å². The Bertz CT molecular complexity index is 463. The van der Waals surface area contributed by atoms with Gasteiger partial charge in [-0.05, 0) is 38.8 Å². The normalized spacial score (nSPS) is 23.2. The summed E-state index contributed by atoms with van der Waals surface area (Å²) in [6.45, 7) is 7.31. The van der Waals surface area contributed by atoms with Crippen LogP contribution in [0, 0.1) is 0 Å². The first kappa shape index (κ1) is 24.2. The molecule has 0 aromatic rings. The lowest BCUT2D eigenvalue weighted by molar-refractivity contribution is -0.138. The highest BCUT2D eigenvalue weighted by Crippen LogP contribution is 2.15. The van der Waals surface area contributed by atoms with Crippen LogP contribution in [0.25, 0.3) is 0 Å². The van der Waals surface area contributed by atoms with Crippen LogP contribution in [-0.4, -0.2) is 103 Å². The summed E-state index contributed by atoms with van der Waals surface area (Å²) < 4.78 is 0. The van der Waals surface area contributed by atoms with Crippen molar-refractivity contribution in [2.24, 2.45) is 0 Å². The average Bonchev–Trinajstić information content (AvgIpc) is 2.64. The molecule has 0 unspecified atom stereocenters. The van der Waals surface area contributed by atoms with Crippen LogP contribution < -0.4 is 10.6 Å². The summed E-state index contributed by atoms with van der Waals surface area (Å²) >= 11 is 0. The molecule has 3 saturated heterocycles. The van der Waals surface area contributed by atoms with Crippen LogP contribution in [0.2, 0.25) is 0 Å². The number of likely N-dealkylation sites (tertiary alicyclic amines) is 1. The first-order valence-electron chi connectivity index (χ1n) is 9.56. The third kappa shape index (κ3) is 7.27. The van der Waals surface area contributed by atoms with Crippen LogP contribution in [0.3, 0.4) is 0 Å². The predicted octanol–water partition coefficient (Wildman–Crippen LogP) is 0.458. The van der Waals surface area contributed by atoms with Gasteiger partial charge in [0.15, 0.2) is 0 Å². The zero-order valence-corrected chi connectivity index (χ0v) is 17.4. The van der Waals surface area contributed by atoms with Gasteiger partial charge in [-0.3, -0.25) is 14.6 Å². The molecular weight excluding hydrogens is 393 g/mol. The van der Waals surface area contributed by atoms with Gasteiger partial charge in [0.25, 0.3) is 0 Å². The average molecular weight is 426 g/mol. The maximum Gasteiger partial charge on any atom is 0.317 e. The fourth-order valence-corrected chi connectivity index (χ4v) is 4.15. The Hall–Kier alpha value is -0.800. The quantitative estimate of drug-likeness (QED) is 0.606. The highest BCUT2D eigenvalue weighted by molar-refractivity contribution is 5.85. The van der Waals surface area contributed by atoms with Gasteiger partial charge in [0.1, 0.15) is 0 Å². The first-order chi connectivity index (χ1) is 12.1. The van der Waals surface area contributed by atoms with Gasteiger partial charge in [-0.25, -0.2) is 4.79 Å². The van der Waals surface area contributed by atoms with Crippen molar-refractivity contribution in [2.75, 3.05) is 58.9 Å². The van der Waals surface area contributed by atoms with Crippen LogP contribution in [-0.2, 0) is 4.79 Å². The van der Waals surface area contributed by atoms with Crippen molar-refractivity contribution in [3.05, 3.63) is 0 Å². The van der Waals surface area contributed by atoms with E-state index in [2.05, 4.69) is 15.5 Å². The smallest absolute Gasteiger partial charge is 0.317 e. The number of urea groups is 1. The number of carboxylic acids is 1. The fraction of sp³-hybridized carbons (Fsp3) is 0.882. The lowest BCUT2D eigenvalue weighted by Crippen LogP contribution is -2.57. The number of aliphatic carboxylic acids is 1. The Morgan fingerprint density at radius 2 is 1.52 bits per heavy atom. The van der Waals surface area contributed by atoms with E-state index in [0.717, 1.165) is 65.2 Å². The van der Waals surface area contributed by atoms with Crippen molar-refractivity contribution >= 4 is 36.8 Å². The summed E-state index contributed by atoms with van der Waals surface area (Å²) in [5.74, 6) is -0.783. The first-order valence-corrected chi connectivity index (χ1v) is 9.56. The van der Waals surface area contributed by atoms with Gasteiger partial charge < -0.3 is 20.6 Å². The molecule has 8 nitrogen and oxygen atoms in total. The van der Waals surface area contributed by atoms with Gasteiger partial charge >= 0.3 is 12.0 Å². The molecule has 0 spiro atoms. The van der Waals surface area contributed by atoms with Crippen molar-refractivity contribution in [3.63, 3.8) is 0 Å². The van der Waals surface area contributed by atoms with E-state index in [0.29, 0.717) is 6.04 Å². The Morgan fingerprint density at radius 3 is 2.07 bits per heavy atom. The molecule has 10 heteroatoms. The SMILES string of the molecule is Cl.Cl.O=C(O)CN1CCC(NC(=O)N2CCN(C3CCNCC3)CC2)CC1. The van der Waals surface area contributed by atoms with E-state index in [-0.39, 0.29) is 43.4 Å². The second-order valence-corrected chi connectivity index (χ2v) is 7.40. The van der Waals surface area contributed by atoms with Crippen LogP contribution in [0.15, 0.2) is 0 Å². The number of piperidine rings is 2. The summed E-state index contributed by atoms with van der Waals surface area (Å²) in [6, 6.07) is 0.881. The van der Waals surface area contributed by atoms with E-state index >= 15 is 0 Å². The van der Waals surface area contributed by atoms with E-state index in [4.69, 9.17) is 5.11 Å². The summed E-state index contributed by atoms with van der Waals surface area (Å²) in [6.07, 6.45) is 4.07. The zero-order chi connectivity index (χ0) is 17.6. The molecule has 158 valence electrons. The zero-order valence-electron chi connectivity index (χ0n) is 15.8. The molecule has 3 rings (SSSR count). The minimum absolute atomic E-state index is 0. The summed E-state index contributed by atoms with van der Waals surface area (Å²) in [5, 5.41) is 15.4. The Kier molecular flexibility index (Phi) is 10.7. The molecule has 0 radical (unpaired) electrons. The molecule has 3 fully saturated rings. The number of piperazine rings is 1. The number of nitrogens with one attached hydrogen (secondary N) is 2. The van der Waals surface area contributed by atoms with Gasteiger partial charge in [-0.15, -0.1) is 24.8 Å². The lowest BCUT2D eigenvalue weighted by Gasteiger charge is -2.41. The number of halogens is 2. The summed E-state index contributed by atoms with van der Waals surface area (Å²) in [4.78, 5) is 29.6. The monoisotopic (exact) mass is 425 g/mol. The number of carboxylic acid groups (broad SMARTS) is 1. The molecule has 0 aromatic heterocycles. The van der Waals surface area contributed by atoms with Gasteiger partial charge in [0, 0.05) is 51.4 Å². The fourth-order valence-electron chi connectivity index (χ4n) is 4.15. The Balaban J connectivity index is 0.00000182. The third-order valence-electron chi connectivity index (χ3n) is 5.70. The summed E-state index contributed by atoms with van der Waals surface area (Å²) in [7, 11) is 0. The van der Waals surface area contributed by atoms with Crippen molar-refractivity contribution in [2.45, 2.75) is 37.8 Å². The Labute approximate surface area is 173 Å². The molecule has 0 aliphatic carbocycles. The number of nitrogens with zero attached hydrogens (tertiary/aromatic N) is 3. The van der Waals surface area contributed by atoms with Crippen molar-refractivity contribution < 1.29 is 14.7 Å². The minimum Gasteiger partial charge on any atom is -0.480 e. The van der Waals surface area contributed by atoms with Gasteiger partial charge in [0.2, 0.25) is 0 Å².